The highest BCUT2D eigenvalue weighted by Gasteiger charge is 2.21. The average Bonchev–Trinajstić information content (AvgIpc) is 2.60. The predicted molar refractivity (Wildman–Crippen MR) is 91.4 cm³/mol. The summed E-state index contributed by atoms with van der Waals surface area (Å²) >= 11 is 0. The van der Waals surface area contributed by atoms with E-state index in [1.165, 1.54) is 0 Å². The highest BCUT2D eigenvalue weighted by atomic mass is 32.2. The van der Waals surface area contributed by atoms with Crippen LogP contribution < -0.4 is 4.72 Å². The molecule has 25 heavy (non-hydrogen) atoms. The van der Waals surface area contributed by atoms with Gasteiger partial charge in [-0.2, -0.15) is 0 Å². The highest BCUT2D eigenvalue weighted by molar-refractivity contribution is 7.89. The standard InChI is InChI=1S/C15H15N5O4S/c16-19-17-11-13(10-12-4-2-1-3-5-12)18-25(23,24)15-8-6-14(7-9-15)20(21)22/h1-9,13,18H,10-11H2/t13-/m0/s1. The third-order valence-electron chi connectivity index (χ3n) is 3.37. The van der Waals surface area contributed by atoms with Gasteiger partial charge in [-0.3, -0.25) is 10.1 Å². The number of nitro benzene ring substituents is 1. The second-order valence-electron chi connectivity index (χ2n) is 5.17. The molecule has 0 bridgehead atoms. The Morgan fingerprint density at radius 3 is 2.36 bits per heavy atom. The fourth-order valence-corrected chi connectivity index (χ4v) is 3.44. The minimum absolute atomic E-state index is 0.0579. The molecule has 0 saturated carbocycles. The quantitative estimate of drug-likeness (QED) is 0.254. The SMILES string of the molecule is [N-]=[N+]=NC[C@H](Cc1ccccc1)NS(=O)(=O)c1ccc([N+](=O)[O-])cc1. The second-order valence-corrected chi connectivity index (χ2v) is 6.89. The molecule has 1 atom stereocenters. The lowest BCUT2D eigenvalue weighted by molar-refractivity contribution is -0.384. The number of non-ortho nitro benzene ring substituents is 1. The van der Waals surface area contributed by atoms with E-state index >= 15 is 0 Å². The Balaban J connectivity index is 2.20. The lowest BCUT2D eigenvalue weighted by Crippen LogP contribution is -2.38. The molecular weight excluding hydrogens is 346 g/mol. The van der Waals surface area contributed by atoms with E-state index in [1.54, 1.807) is 0 Å². The van der Waals surface area contributed by atoms with Crippen molar-refractivity contribution in [2.75, 3.05) is 6.54 Å². The molecule has 0 aliphatic carbocycles. The molecule has 0 unspecified atom stereocenters. The molecule has 0 aliphatic heterocycles. The molecule has 9 nitrogen and oxygen atoms in total. The predicted octanol–water partition coefficient (Wildman–Crippen LogP) is 2.79. The van der Waals surface area contributed by atoms with Crippen LogP contribution in [-0.4, -0.2) is 25.9 Å². The number of nitrogens with one attached hydrogen (secondary N) is 1. The van der Waals surface area contributed by atoms with Gasteiger partial charge in [-0.25, -0.2) is 13.1 Å². The molecule has 2 rings (SSSR count). The molecule has 0 heterocycles. The van der Waals surface area contributed by atoms with Crippen molar-refractivity contribution < 1.29 is 13.3 Å². The van der Waals surface area contributed by atoms with Gasteiger partial charge in [0.1, 0.15) is 0 Å². The number of sulfonamides is 1. The zero-order chi connectivity index (χ0) is 18.3. The van der Waals surface area contributed by atoms with Crippen molar-refractivity contribution in [1.29, 1.82) is 0 Å². The van der Waals surface area contributed by atoms with E-state index in [0.29, 0.717) is 6.42 Å². The van der Waals surface area contributed by atoms with Gasteiger partial charge in [0.25, 0.3) is 5.69 Å². The van der Waals surface area contributed by atoms with Crippen molar-refractivity contribution in [2.24, 2.45) is 5.11 Å². The van der Waals surface area contributed by atoms with Crippen molar-refractivity contribution in [3.05, 3.63) is 80.7 Å². The second kappa shape index (κ2) is 8.25. The summed E-state index contributed by atoms with van der Waals surface area (Å²) in [6.07, 6.45) is 0.339. The van der Waals surface area contributed by atoms with E-state index in [0.717, 1.165) is 29.8 Å². The van der Waals surface area contributed by atoms with E-state index in [-0.39, 0.29) is 17.1 Å². The Bertz CT molecular complexity index is 878. The molecule has 2 aromatic carbocycles. The zero-order valence-electron chi connectivity index (χ0n) is 13.0. The van der Waals surface area contributed by atoms with Crippen LogP contribution >= 0.6 is 0 Å². The van der Waals surface area contributed by atoms with Crippen LogP contribution in [0.4, 0.5) is 5.69 Å². The van der Waals surface area contributed by atoms with Crippen molar-refractivity contribution in [1.82, 2.24) is 4.72 Å². The van der Waals surface area contributed by atoms with Crippen molar-refractivity contribution >= 4 is 15.7 Å². The summed E-state index contributed by atoms with van der Waals surface area (Å²) in [6.45, 7) is -0.0579. The lowest BCUT2D eigenvalue weighted by atomic mass is 10.1. The Hall–Kier alpha value is -2.94. The van der Waals surface area contributed by atoms with Crippen LogP contribution in [0.15, 0.2) is 64.6 Å². The third kappa shape index (κ3) is 5.28. The topological polar surface area (TPSA) is 138 Å². The maximum Gasteiger partial charge on any atom is 0.269 e. The number of hydrogen-bond donors (Lipinski definition) is 1. The molecule has 0 radical (unpaired) electrons. The molecule has 0 spiro atoms. The van der Waals surface area contributed by atoms with Crippen LogP contribution in [0.1, 0.15) is 5.56 Å². The van der Waals surface area contributed by atoms with E-state index in [2.05, 4.69) is 14.7 Å². The smallest absolute Gasteiger partial charge is 0.258 e. The van der Waals surface area contributed by atoms with Crippen LogP contribution in [0.25, 0.3) is 10.4 Å². The molecule has 0 saturated heterocycles. The van der Waals surface area contributed by atoms with Crippen LogP contribution in [0.3, 0.4) is 0 Å². The first kappa shape index (κ1) is 18.4. The Labute approximate surface area is 144 Å². The molecule has 130 valence electrons. The number of azide groups is 1. The minimum Gasteiger partial charge on any atom is -0.258 e. The molecular formula is C15H15N5O4S. The van der Waals surface area contributed by atoms with E-state index in [9.17, 15) is 18.5 Å². The van der Waals surface area contributed by atoms with Crippen LogP contribution in [0.5, 0.6) is 0 Å². The van der Waals surface area contributed by atoms with Crippen molar-refractivity contribution in [3.63, 3.8) is 0 Å². The first-order valence-corrected chi connectivity index (χ1v) is 8.72. The fraction of sp³-hybridized carbons (Fsp3) is 0.200. The molecule has 1 N–H and O–H groups in total. The van der Waals surface area contributed by atoms with Gasteiger partial charge in [-0.05, 0) is 29.6 Å². The molecule has 2 aromatic rings. The first-order chi connectivity index (χ1) is 11.9. The maximum atomic E-state index is 12.5. The van der Waals surface area contributed by atoms with Gasteiger partial charge in [0.05, 0.1) is 9.82 Å². The monoisotopic (exact) mass is 361 g/mol. The van der Waals surface area contributed by atoms with Crippen LogP contribution in [0.2, 0.25) is 0 Å². The molecule has 0 aliphatic rings. The number of hydrogen-bond acceptors (Lipinski definition) is 5. The number of rotatable bonds is 8. The summed E-state index contributed by atoms with van der Waals surface area (Å²) in [4.78, 5) is 12.6. The zero-order valence-corrected chi connectivity index (χ0v) is 13.8. The van der Waals surface area contributed by atoms with E-state index < -0.39 is 21.0 Å². The number of nitro groups is 1. The van der Waals surface area contributed by atoms with Gasteiger partial charge in [-0.15, -0.1) is 0 Å². The molecule has 0 aromatic heterocycles. The van der Waals surface area contributed by atoms with Crippen LogP contribution in [-0.2, 0) is 16.4 Å². The van der Waals surface area contributed by atoms with Gasteiger partial charge >= 0.3 is 0 Å². The van der Waals surface area contributed by atoms with Crippen molar-refractivity contribution in [3.8, 4) is 0 Å². The normalized spacial score (nSPS) is 12.2. The van der Waals surface area contributed by atoms with Gasteiger partial charge in [0.15, 0.2) is 0 Å². The largest absolute Gasteiger partial charge is 0.269 e. The highest BCUT2D eigenvalue weighted by Crippen LogP contribution is 2.16. The maximum absolute atomic E-state index is 12.5. The van der Waals surface area contributed by atoms with Crippen LogP contribution in [0, 0.1) is 10.1 Å². The summed E-state index contributed by atoms with van der Waals surface area (Å²) in [5.41, 5.74) is 9.18. The average molecular weight is 361 g/mol. The van der Waals surface area contributed by atoms with Crippen molar-refractivity contribution in [2.45, 2.75) is 17.4 Å². The molecule has 0 fully saturated rings. The summed E-state index contributed by atoms with van der Waals surface area (Å²) in [7, 11) is -3.91. The molecule has 0 amide bonds. The number of nitrogens with zero attached hydrogens (tertiary/aromatic N) is 4. The van der Waals surface area contributed by atoms with E-state index in [4.69, 9.17) is 5.53 Å². The fourth-order valence-electron chi connectivity index (χ4n) is 2.21. The number of benzene rings is 2. The Morgan fingerprint density at radius 1 is 1.16 bits per heavy atom. The van der Waals surface area contributed by atoms with E-state index in [1.807, 2.05) is 30.3 Å². The first-order valence-electron chi connectivity index (χ1n) is 7.24. The third-order valence-corrected chi connectivity index (χ3v) is 4.91. The Kier molecular flexibility index (Phi) is 6.07. The summed E-state index contributed by atoms with van der Waals surface area (Å²) in [5.74, 6) is 0. The van der Waals surface area contributed by atoms with Gasteiger partial charge in [0, 0.05) is 29.6 Å². The summed E-state index contributed by atoms with van der Waals surface area (Å²) in [6, 6.07) is 13.1. The van der Waals surface area contributed by atoms with Gasteiger partial charge in [-0.1, -0.05) is 35.4 Å². The Morgan fingerprint density at radius 2 is 1.80 bits per heavy atom. The summed E-state index contributed by atoms with van der Waals surface area (Å²) < 4.78 is 27.4. The van der Waals surface area contributed by atoms with Gasteiger partial charge in [0.2, 0.25) is 10.0 Å². The lowest BCUT2D eigenvalue weighted by Gasteiger charge is -2.17. The molecule has 10 heteroatoms. The van der Waals surface area contributed by atoms with Gasteiger partial charge < -0.3 is 0 Å². The minimum atomic E-state index is -3.91. The summed E-state index contributed by atoms with van der Waals surface area (Å²) in [5, 5.41) is 14.1.